The van der Waals surface area contributed by atoms with Crippen LogP contribution < -0.4 is 14.8 Å². The second kappa shape index (κ2) is 8.34. The van der Waals surface area contributed by atoms with E-state index in [1.807, 2.05) is 0 Å². The third-order valence-electron chi connectivity index (χ3n) is 4.29. The van der Waals surface area contributed by atoms with E-state index in [0.29, 0.717) is 17.1 Å². The second-order valence-electron chi connectivity index (χ2n) is 5.67. The lowest BCUT2D eigenvalue weighted by molar-refractivity contribution is 0.159. The minimum absolute atomic E-state index is 0.0989. The number of ether oxygens (including phenoxy) is 2. The lowest BCUT2D eigenvalue weighted by Gasteiger charge is -2.35. The van der Waals surface area contributed by atoms with Crippen LogP contribution in [0.3, 0.4) is 0 Å². The highest BCUT2D eigenvalue weighted by Crippen LogP contribution is 2.36. The highest BCUT2D eigenvalue weighted by Gasteiger charge is 2.25. The zero-order valence-electron chi connectivity index (χ0n) is 13.8. The summed E-state index contributed by atoms with van der Waals surface area (Å²) in [5.41, 5.74) is 0.716. The molecule has 1 aliphatic heterocycles. The predicted molar refractivity (Wildman–Crippen MR) is 86.2 cm³/mol. The van der Waals surface area contributed by atoms with E-state index in [1.165, 1.54) is 13.2 Å². The van der Waals surface area contributed by atoms with Crippen LogP contribution in [-0.4, -0.2) is 45.3 Å². The number of unbranched alkanes of at least 4 members (excludes halogenated alkanes) is 1. The highest BCUT2D eigenvalue weighted by atomic mass is 19.1. The van der Waals surface area contributed by atoms with Crippen LogP contribution in [0.25, 0.3) is 0 Å². The maximum Gasteiger partial charge on any atom is 0.163 e. The Morgan fingerprint density at radius 3 is 2.41 bits per heavy atom. The van der Waals surface area contributed by atoms with Gasteiger partial charge in [-0.2, -0.15) is 0 Å². The summed E-state index contributed by atoms with van der Waals surface area (Å²) in [5.74, 6) is 0.825. The van der Waals surface area contributed by atoms with E-state index in [-0.39, 0.29) is 11.9 Å². The minimum Gasteiger partial charge on any atom is -0.493 e. The van der Waals surface area contributed by atoms with Gasteiger partial charge in [0.05, 0.1) is 14.2 Å². The molecule has 1 aliphatic rings. The fourth-order valence-electron chi connectivity index (χ4n) is 3.05. The van der Waals surface area contributed by atoms with Gasteiger partial charge in [-0.15, -0.1) is 0 Å². The molecule has 0 amide bonds. The zero-order chi connectivity index (χ0) is 15.9. The van der Waals surface area contributed by atoms with E-state index < -0.39 is 0 Å². The molecule has 1 aromatic rings. The number of halogens is 1. The number of hydrogen-bond donors (Lipinski definition) is 1. The first-order valence-electron chi connectivity index (χ1n) is 8.07. The maximum atomic E-state index is 14.6. The SMILES string of the molecule is CCCC[C@H](c1cc(OC)c(OC)cc1F)N1CCNCC1. The Balaban J connectivity index is 2.32. The van der Waals surface area contributed by atoms with Crippen molar-refractivity contribution in [2.24, 2.45) is 0 Å². The van der Waals surface area contributed by atoms with Gasteiger partial charge in [-0.05, 0) is 12.5 Å². The van der Waals surface area contributed by atoms with Crippen LogP contribution in [0.1, 0.15) is 37.8 Å². The Hall–Kier alpha value is -1.33. The van der Waals surface area contributed by atoms with Gasteiger partial charge in [0.25, 0.3) is 0 Å². The molecule has 0 aromatic heterocycles. The number of nitrogens with zero attached hydrogens (tertiary/aromatic N) is 1. The summed E-state index contributed by atoms with van der Waals surface area (Å²) in [6.45, 7) is 5.97. The van der Waals surface area contributed by atoms with Crippen molar-refractivity contribution in [2.45, 2.75) is 32.2 Å². The van der Waals surface area contributed by atoms with Gasteiger partial charge in [-0.25, -0.2) is 4.39 Å². The lowest BCUT2D eigenvalue weighted by Crippen LogP contribution is -2.45. The van der Waals surface area contributed by atoms with Crippen LogP contribution in [0.2, 0.25) is 0 Å². The predicted octanol–water partition coefficient (Wildman–Crippen LogP) is 2.98. The largest absolute Gasteiger partial charge is 0.493 e. The average Bonchev–Trinajstić information content (AvgIpc) is 2.57. The van der Waals surface area contributed by atoms with Crippen LogP contribution in [-0.2, 0) is 0 Å². The number of piperazine rings is 1. The molecule has 1 saturated heterocycles. The maximum absolute atomic E-state index is 14.6. The minimum atomic E-state index is -0.211. The van der Waals surface area contributed by atoms with E-state index in [2.05, 4.69) is 17.1 Å². The van der Waals surface area contributed by atoms with Gasteiger partial charge in [0.2, 0.25) is 0 Å². The fourth-order valence-corrected chi connectivity index (χ4v) is 3.05. The third kappa shape index (κ3) is 3.90. The van der Waals surface area contributed by atoms with Crippen molar-refractivity contribution in [3.05, 3.63) is 23.5 Å². The number of benzene rings is 1. The van der Waals surface area contributed by atoms with E-state index in [1.54, 1.807) is 13.2 Å². The van der Waals surface area contributed by atoms with Crippen molar-refractivity contribution in [2.75, 3.05) is 40.4 Å². The number of hydrogen-bond acceptors (Lipinski definition) is 4. The molecule has 0 unspecified atom stereocenters. The molecule has 1 N–H and O–H groups in total. The number of nitrogens with one attached hydrogen (secondary N) is 1. The van der Waals surface area contributed by atoms with Crippen LogP contribution >= 0.6 is 0 Å². The molecular weight excluding hydrogens is 283 g/mol. The molecule has 1 aromatic carbocycles. The molecule has 0 radical (unpaired) electrons. The first-order chi connectivity index (χ1) is 10.7. The molecule has 5 heteroatoms. The Morgan fingerprint density at radius 2 is 1.82 bits per heavy atom. The van der Waals surface area contributed by atoms with Crippen molar-refractivity contribution in [1.82, 2.24) is 10.2 Å². The molecular formula is C17H27FN2O2. The Labute approximate surface area is 132 Å². The Morgan fingerprint density at radius 1 is 1.18 bits per heavy atom. The van der Waals surface area contributed by atoms with Crippen LogP contribution in [0.4, 0.5) is 4.39 Å². The van der Waals surface area contributed by atoms with Crippen LogP contribution in [0.15, 0.2) is 12.1 Å². The molecule has 0 aliphatic carbocycles. The van der Waals surface area contributed by atoms with E-state index >= 15 is 0 Å². The van der Waals surface area contributed by atoms with E-state index in [0.717, 1.165) is 45.4 Å². The lowest BCUT2D eigenvalue weighted by atomic mass is 9.97. The molecule has 0 bridgehead atoms. The van der Waals surface area contributed by atoms with Gasteiger partial charge in [0.15, 0.2) is 11.5 Å². The zero-order valence-corrected chi connectivity index (χ0v) is 13.8. The third-order valence-corrected chi connectivity index (χ3v) is 4.29. The quantitative estimate of drug-likeness (QED) is 0.839. The van der Waals surface area contributed by atoms with E-state index in [9.17, 15) is 4.39 Å². The topological polar surface area (TPSA) is 33.7 Å². The molecule has 1 heterocycles. The summed E-state index contributed by atoms with van der Waals surface area (Å²) in [4.78, 5) is 2.37. The fraction of sp³-hybridized carbons (Fsp3) is 0.647. The van der Waals surface area contributed by atoms with Crippen molar-refractivity contribution in [3.8, 4) is 11.5 Å². The summed E-state index contributed by atoms with van der Waals surface area (Å²) >= 11 is 0. The Kier molecular flexibility index (Phi) is 6.46. The van der Waals surface area contributed by atoms with E-state index in [4.69, 9.17) is 9.47 Å². The van der Waals surface area contributed by atoms with Gasteiger partial charge in [0, 0.05) is 43.9 Å². The molecule has 2 rings (SSSR count). The second-order valence-corrected chi connectivity index (χ2v) is 5.67. The van der Waals surface area contributed by atoms with Crippen molar-refractivity contribution in [1.29, 1.82) is 0 Å². The molecule has 1 fully saturated rings. The van der Waals surface area contributed by atoms with Gasteiger partial charge in [0.1, 0.15) is 5.82 Å². The van der Waals surface area contributed by atoms with Crippen molar-refractivity contribution < 1.29 is 13.9 Å². The molecule has 4 nitrogen and oxygen atoms in total. The van der Waals surface area contributed by atoms with Crippen LogP contribution in [0, 0.1) is 5.82 Å². The Bertz CT molecular complexity index is 476. The molecule has 0 spiro atoms. The first kappa shape index (κ1) is 17.0. The first-order valence-corrected chi connectivity index (χ1v) is 8.07. The summed E-state index contributed by atoms with van der Waals surface area (Å²) < 4.78 is 25.1. The number of rotatable bonds is 7. The summed E-state index contributed by atoms with van der Waals surface area (Å²) in [7, 11) is 3.12. The van der Waals surface area contributed by atoms with Gasteiger partial charge in [-0.3, -0.25) is 4.90 Å². The summed E-state index contributed by atoms with van der Waals surface area (Å²) in [5, 5.41) is 3.35. The smallest absolute Gasteiger partial charge is 0.163 e. The molecule has 1 atom stereocenters. The number of methoxy groups -OCH3 is 2. The normalized spacial score (nSPS) is 17.3. The van der Waals surface area contributed by atoms with Gasteiger partial charge < -0.3 is 14.8 Å². The molecule has 22 heavy (non-hydrogen) atoms. The summed E-state index contributed by atoms with van der Waals surface area (Å²) in [6, 6.07) is 3.34. The summed E-state index contributed by atoms with van der Waals surface area (Å²) in [6.07, 6.45) is 3.16. The standard InChI is InChI=1S/C17H27FN2O2/c1-4-5-6-15(20-9-7-19-8-10-20)13-11-16(21-2)17(22-3)12-14(13)18/h11-12,15,19H,4-10H2,1-3H3/t15-/m1/s1. The van der Waals surface area contributed by atoms with Crippen LogP contribution in [0.5, 0.6) is 11.5 Å². The highest BCUT2D eigenvalue weighted by molar-refractivity contribution is 5.44. The monoisotopic (exact) mass is 310 g/mol. The van der Waals surface area contributed by atoms with Crippen molar-refractivity contribution in [3.63, 3.8) is 0 Å². The molecule has 124 valence electrons. The van der Waals surface area contributed by atoms with Gasteiger partial charge >= 0.3 is 0 Å². The van der Waals surface area contributed by atoms with Gasteiger partial charge in [-0.1, -0.05) is 19.8 Å². The van der Waals surface area contributed by atoms with Crippen molar-refractivity contribution >= 4 is 0 Å². The average molecular weight is 310 g/mol. The molecule has 0 saturated carbocycles.